The number of nitrogens with one attached hydrogen (secondary N) is 1. The van der Waals surface area contributed by atoms with E-state index in [4.69, 9.17) is 0 Å². The number of likely N-dealkylation sites (tertiary alicyclic amines) is 1. The monoisotopic (exact) mass is 398 g/mol. The Kier molecular flexibility index (Phi) is 5.72. The molecule has 2 amide bonds. The number of benzene rings is 1. The second-order valence-corrected chi connectivity index (χ2v) is 7.46. The highest BCUT2D eigenvalue weighted by Gasteiger charge is 2.41. The molecule has 8 heteroatoms. The third-order valence-corrected chi connectivity index (χ3v) is 5.61. The summed E-state index contributed by atoms with van der Waals surface area (Å²) in [4.78, 5) is 38.9. The number of carboxylic acid groups (broad SMARTS) is 1. The Morgan fingerprint density at radius 3 is 2.45 bits per heavy atom. The number of carbonyl (C=O) groups excluding carboxylic acids is 2. The summed E-state index contributed by atoms with van der Waals surface area (Å²) in [6.45, 7) is 5.81. The summed E-state index contributed by atoms with van der Waals surface area (Å²) < 4.78 is 1.73. The Balaban J connectivity index is 1.74. The summed E-state index contributed by atoms with van der Waals surface area (Å²) in [5.41, 5.74) is 3.07. The molecule has 1 saturated heterocycles. The van der Waals surface area contributed by atoms with Gasteiger partial charge in [0, 0.05) is 24.8 Å². The largest absolute Gasteiger partial charge is 0.479 e. The number of carbonyl (C=O) groups is 3. The van der Waals surface area contributed by atoms with Crippen molar-refractivity contribution in [3.63, 3.8) is 0 Å². The standard InChI is InChI=1S/C21H26N4O4/c1-12(17-13(2)23-24(4)14(17)3)19(26)22-16-10-11-25(20(16)27)18(21(28)29)15-8-6-5-7-9-15/h5-9,12,16,18H,10-11H2,1-4H3,(H,22,26)(H,28,29). The molecule has 29 heavy (non-hydrogen) atoms. The molecule has 1 aliphatic rings. The highest BCUT2D eigenvalue weighted by molar-refractivity contribution is 5.94. The normalized spacial score (nSPS) is 18.6. The van der Waals surface area contributed by atoms with E-state index in [-0.39, 0.29) is 18.4 Å². The van der Waals surface area contributed by atoms with Gasteiger partial charge in [0.15, 0.2) is 6.04 Å². The minimum atomic E-state index is -1.09. The third-order valence-electron chi connectivity index (χ3n) is 5.61. The summed E-state index contributed by atoms with van der Waals surface area (Å²) >= 11 is 0. The lowest BCUT2D eigenvalue weighted by atomic mass is 9.98. The van der Waals surface area contributed by atoms with Gasteiger partial charge in [-0.25, -0.2) is 4.79 Å². The Morgan fingerprint density at radius 1 is 1.24 bits per heavy atom. The second kappa shape index (κ2) is 8.06. The van der Waals surface area contributed by atoms with E-state index < -0.39 is 24.0 Å². The van der Waals surface area contributed by atoms with Crippen molar-refractivity contribution in [3.05, 3.63) is 52.8 Å². The van der Waals surface area contributed by atoms with Crippen molar-refractivity contribution < 1.29 is 19.5 Å². The quantitative estimate of drug-likeness (QED) is 0.770. The maximum atomic E-state index is 12.9. The van der Waals surface area contributed by atoms with E-state index in [9.17, 15) is 19.5 Å². The molecule has 2 aromatic rings. The van der Waals surface area contributed by atoms with Crippen molar-refractivity contribution in [1.29, 1.82) is 0 Å². The zero-order valence-corrected chi connectivity index (χ0v) is 17.0. The Hall–Kier alpha value is -3.16. The van der Waals surface area contributed by atoms with Gasteiger partial charge in [-0.05, 0) is 32.8 Å². The first-order chi connectivity index (χ1) is 13.7. The molecule has 2 N–H and O–H groups in total. The third kappa shape index (κ3) is 3.87. The first-order valence-electron chi connectivity index (χ1n) is 9.61. The second-order valence-electron chi connectivity index (χ2n) is 7.46. The minimum absolute atomic E-state index is 0.268. The van der Waals surface area contributed by atoms with E-state index in [2.05, 4.69) is 10.4 Å². The number of aliphatic carboxylic acids is 1. The van der Waals surface area contributed by atoms with Crippen molar-refractivity contribution in [2.45, 2.75) is 45.2 Å². The summed E-state index contributed by atoms with van der Waals surface area (Å²) in [7, 11) is 1.82. The van der Waals surface area contributed by atoms with Crippen LogP contribution in [0.25, 0.3) is 0 Å². The van der Waals surface area contributed by atoms with Crippen LogP contribution < -0.4 is 5.32 Å². The molecular formula is C21H26N4O4. The first kappa shape index (κ1) is 20.6. The van der Waals surface area contributed by atoms with Gasteiger partial charge in [-0.1, -0.05) is 30.3 Å². The molecule has 2 heterocycles. The molecule has 1 aromatic heterocycles. The molecule has 3 atom stereocenters. The molecule has 3 unspecified atom stereocenters. The lowest BCUT2D eigenvalue weighted by Crippen LogP contribution is -2.45. The fourth-order valence-corrected chi connectivity index (χ4v) is 4.03. The molecule has 1 aliphatic heterocycles. The number of aryl methyl sites for hydroxylation is 2. The number of rotatable bonds is 6. The Bertz CT molecular complexity index is 938. The number of aromatic nitrogens is 2. The topological polar surface area (TPSA) is 105 Å². The van der Waals surface area contributed by atoms with Crippen LogP contribution in [0.1, 0.15) is 47.8 Å². The number of hydrogen-bond donors (Lipinski definition) is 2. The number of hydrogen-bond acceptors (Lipinski definition) is 4. The van der Waals surface area contributed by atoms with Crippen LogP contribution in [0.2, 0.25) is 0 Å². The van der Waals surface area contributed by atoms with E-state index >= 15 is 0 Å². The zero-order chi connectivity index (χ0) is 21.3. The van der Waals surface area contributed by atoms with Gasteiger partial charge in [-0.15, -0.1) is 0 Å². The molecule has 0 saturated carbocycles. The van der Waals surface area contributed by atoms with Crippen molar-refractivity contribution >= 4 is 17.8 Å². The Labute approximate surface area is 169 Å². The minimum Gasteiger partial charge on any atom is -0.479 e. The molecule has 3 rings (SSSR count). The fourth-order valence-electron chi connectivity index (χ4n) is 4.03. The van der Waals surface area contributed by atoms with Crippen LogP contribution in [-0.2, 0) is 21.4 Å². The van der Waals surface area contributed by atoms with Gasteiger partial charge in [-0.3, -0.25) is 14.3 Å². The van der Waals surface area contributed by atoms with Gasteiger partial charge in [0.05, 0.1) is 11.6 Å². The van der Waals surface area contributed by atoms with Crippen LogP contribution >= 0.6 is 0 Å². The predicted octanol–water partition coefficient (Wildman–Crippen LogP) is 1.68. The maximum absolute atomic E-state index is 12.9. The van der Waals surface area contributed by atoms with Crippen LogP contribution in [0, 0.1) is 13.8 Å². The molecule has 1 aromatic carbocycles. The van der Waals surface area contributed by atoms with Crippen molar-refractivity contribution in [3.8, 4) is 0 Å². The van der Waals surface area contributed by atoms with Gasteiger partial charge >= 0.3 is 5.97 Å². The van der Waals surface area contributed by atoms with E-state index in [0.29, 0.717) is 12.0 Å². The molecule has 1 fully saturated rings. The lowest BCUT2D eigenvalue weighted by Gasteiger charge is -2.25. The molecule has 0 aliphatic carbocycles. The van der Waals surface area contributed by atoms with Gasteiger partial charge in [0.25, 0.3) is 0 Å². The molecule has 0 spiro atoms. The molecule has 0 bridgehead atoms. The van der Waals surface area contributed by atoms with Gasteiger partial charge in [-0.2, -0.15) is 5.10 Å². The zero-order valence-electron chi connectivity index (χ0n) is 17.0. The summed E-state index contributed by atoms with van der Waals surface area (Å²) in [5.74, 6) is -2.20. The summed E-state index contributed by atoms with van der Waals surface area (Å²) in [6, 6.07) is 6.86. The molecule has 8 nitrogen and oxygen atoms in total. The number of carboxylic acids is 1. The average molecular weight is 398 g/mol. The van der Waals surface area contributed by atoms with Crippen molar-refractivity contribution in [2.75, 3.05) is 6.54 Å². The van der Waals surface area contributed by atoms with Crippen LogP contribution in [0.4, 0.5) is 0 Å². The number of nitrogens with zero attached hydrogens (tertiary/aromatic N) is 3. The lowest BCUT2D eigenvalue weighted by molar-refractivity contribution is -0.149. The van der Waals surface area contributed by atoms with Crippen LogP contribution in [-0.4, -0.2) is 50.2 Å². The van der Waals surface area contributed by atoms with E-state index in [1.54, 1.807) is 41.9 Å². The van der Waals surface area contributed by atoms with Crippen LogP contribution in [0.5, 0.6) is 0 Å². The van der Waals surface area contributed by atoms with E-state index in [1.807, 2.05) is 20.9 Å². The molecule has 0 radical (unpaired) electrons. The average Bonchev–Trinajstić information content (AvgIpc) is 3.15. The van der Waals surface area contributed by atoms with Crippen LogP contribution in [0.15, 0.2) is 30.3 Å². The summed E-state index contributed by atoms with van der Waals surface area (Å²) in [5, 5.41) is 16.8. The van der Waals surface area contributed by atoms with E-state index in [1.165, 1.54) is 4.90 Å². The molecular weight excluding hydrogens is 372 g/mol. The van der Waals surface area contributed by atoms with Gasteiger partial charge in [0.2, 0.25) is 11.8 Å². The predicted molar refractivity (Wildman–Crippen MR) is 106 cm³/mol. The van der Waals surface area contributed by atoms with Crippen molar-refractivity contribution in [1.82, 2.24) is 20.0 Å². The van der Waals surface area contributed by atoms with Crippen molar-refractivity contribution in [2.24, 2.45) is 7.05 Å². The van der Waals surface area contributed by atoms with Crippen LogP contribution in [0.3, 0.4) is 0 Å². The Morgan fingerprint density at radius 2 is 1.90 bits per heavy atom. The molecule has 154 valence electrons. The highest BCUT2D eigenvalue weighted by atomic mass is 16.4. The fraction of sp³-hybridized carbons (Fsp3) is 0.429. The summed E-state index contributed by atoms with van der Waals surface area (Å²) in [6.07, 6.45) is 0.374. The smallest absolute Gasteiger partial charge is 0.331 e. The van der Waals surface area contributed by atoms with E-state index in [0.717, 1.165) is 17.0 Å². The highest BCUT2D eigenvalue weighted by Crippen LogP contribution is 2.28. The SMILES string of the molecule is Cc1nn(C)c(C)c1C(C)C(=O)NC1CCN(C(C(=O)O)c2ccccc2)C1=O. The first-order valence-corrected chi connectivity index (χ1v) is 9.61. The maximum Gasteiger partial charge on any atom is 0.331 e. The van der Waals surface area contributed by atoms with Gasteiger partial charge < -0.3 is 15.3 Å². The van der Waals surface area contributed by atoms with Gasteiger partial charge in [0.1, 0.15) is 6.04 Å². The number of amides is 2.